The molecule has 1 fully saturated rings. The van der Waals surface area contributed by atoms with Crippen LogP contribution in [0.4, 0.5) is 0 Å². The second-order valence-corrected chi connectivity index (χ2v) is 4.49. The van der Waals surface area contributed by atoms with E-state index in [0.29, 0.717) is 0 Å². The predicted molar refractivity (Wildman–Crippen MR) is 65.5 cm³/mol. The highest BCUT2D eigenvalue weighted by molar-refractivity contribution is 5.93. The molecule has 0 saturated carbocycles. The van der Waals surface area contributed by atoms with E-state index in [4.69, 9.17) is 9.84 Å². The van der Waals surface area contributed by atoms with E-state index in [9.17, 15) is 4.79 Å². The minimum Gasteiger partial charge on any atom is -0.478 e. The quantitative estimate of drug-likeness (QED) is 0.883. The molecule has 1 saturated heterocycles. The van der Waals surface area contributed by atoms with E-state index >= 15 is 0 Å². The van der Waals surface area contributed by atoms with Crippen LogP contribution in [0.1, 0.15) is 35.8 Å². The van der Waals surface area contributed by atoms with Gasteiger partial charge in [-0.1, -0.05) is 0 Å². The molecule has 94 valence electrons. The van der Waals surface area contributed by atoms with Crippen molar-refractivity contribution in [2.75, 3.05) is 6.61 Å². The van der Waals surface area contributed by atoms with Crippen molar-refractivity contribution in [1.29, 1.82) is 0 Å². The van der Waals surface area contributed by atoms with Crippen molar-refractivity contribution in [3.63, 3.8) is 0 Å². The SMILES string of the molecule is O=C(O)c1ccc2c(cnn2[C@@H]2CCCCO2)c1. The van der Waals surface area contributed by atoms with Crippen LogP contribution in [0.2, 0.25) is 0 Å². The summed E-state index contributed by atoms with van der Waals surface area (Å²) in [7, 11) is 0. The molecule has 1 aromatic heterocycles. The number of benzene rings is 1. The van der Waals surface area contributed by atoms with Crippen molar-refractivity contribution in [3.8, 4) is 0 Å². The fraction of sp³-hybridized carbons (Fsp3) is 0.385. The summed E-state index contributed by atoms with van der Waals surface area (Å²) in [6, 6.07) is 5.04. The fourth-order valence-corrected chi connectivity index (χ4v) is 2.33. The maximum absolute atomic E-state index is 10.9. The van der Waals surface area contributed by atoms with Gasteiger partial charge in [0.2, 0.25) is 0 Å². The molecular formula is C13H14N2O3. The van der Waals surface area contributed by atoms with Crippen LogP contribution < -0.4 is 0 Å². The minimum absolute atomic E-state index is 0.0214. The molecule has 0 unspecified atom stereocenters. The minimum atomic E-state index is -0.918. The van der Waals surface area contributed by atoms with Crippen LogP contribution in [0, 0.1) is 0 Å². The van der Waals surface area contributed by atoms with Crippen LogP contribution in [-0.2, 0) is 4.74 Å². The van der Waals surface area contributed by atoms with Crippen molar-refractivity contribution >= 4 is 16.9 Å². The molecule has 2 heterocycles. The Kier molecular flexibility index (Phi) is 2.76. The molecule has 5 nitrogen and oxygen atoms in total. The molecule has 0 radical (unpaired) electrons. The Morgan fingerprint density at radius 3 is 3.06 bits per heavy atom. The Balaban J connectivity index is 2.01. The number of hydrogen-bond acceptors (Lipinski definition) is 3. The lowest BCUT2D eigenvalue weighted by molar-refractivity contribution is -0.0366. The highest BCUT2D eigenvalue weighted by Crippen LogP contribution is 2.26. The van der Waals surface area contributed by atoms with Gasteiger partial charge in [-0.25, -0.2) is 9.48 Å². The number of carboxylic acid groups (broad SMARTS) is 1. The molecule has 1 aromatic carbocycles. The number of hydrogen-bond donors (Lipinski definition) is 1. The molecule has 5 heteroatoms. The summed E-state index contributed by atoms with van der Waals surface area (Å²) in [6.07, 6.45) is 4.86. The van der Waals surface area contributed by atoms with E-state index < -0.39 is 5.97 Å². The molecule has 1 atom stereocenters. The zero-order valence-corrected chi connectivity index (χ0v) is 9.87. The molecule has 1 N–H and O–H groups in total. The molecule has 0 bridgehead atoms. The van der Waals surface area contributed by atoms with Gasteiger partial charge in [-0.2, -0.15) is 5.10 Å². The molecule has 0 spiro atoms. The lowest BCUT2D eigenvalue weighted by atomic mass is 10.1. The third-order valence-corrected chi connectivity index (χ3v) is 3.27. The lowest BCUT2D eigenvalue weighted by Crippen LogP contribution is -2.18. The number of carbonyl (C=O) groups is 1. The Bertz CT molecular complexity index is 585. The van der Waals surface area contributed by atoms with E-state index in [1.165, 1.54) is 0 Å². The van der Waals surface area contributed by atoms with Gasteiger partial charge in [0, 0.05) is 12.0 Å². The van der Waals surface area contributed by atoms with Crippen molar-refractivity contribution in [3.05, 3.63) is 30.0 Å². The number of nitrogens with zero attached hydrogens (tertiary/aromatic N) is 2. The zero-order chi connectivity index (χ0) is 12.5. The Morgan fingerprint density at radius 2 is 2.33 bits per heavy atom. The van der Waals surface area contributed by atoms with Gasteiger partial charge >= 0.3 is 5.97 Å². The monoisotopic (exact) mass is 246 g/mol. The number of carboxylic acids is 1. The summed E-state index contributed by atoms with van der Waals surface area (Å²) >= 11 is 0. The van der Waals surface area contributed by atoms with Crippen LogP contribution in [0.25, 0.3) is 10.9 Å². The first-order valence-corrected chi connectivity index (χ1v) is 6.08. The maximum atomic E-state index is 10.9. The van der Waals surface area contributed by atoms with Crippen LogP contribution in [0.5, 0.6) is 0 Å². The smallest absolute Gasteiger partial charge is 0.335 e. The highest BCUT2D eigenvalue weighted by atomic mass is 16.5. The van der Waals surface area contributed by atoms with Gasteiger partial charge in [0.05, 0.1) is 17.3 Å². The summed E-state index contributed by atoms with van der Waals surface area (Å²) in [5.74, 6) is -0.918. The predicted octanol–water partition coefficient (Wildman–Crippen LogP) is 2.43. The molecule has 18 heavy (non-hydrogen) atoms. The zero-order valence-electron chi connectivity index (χ0n) is 9.87. The van der Waals surface area contributed by atoms with Crippen LogP contribution >= 0.6 is 0 Å². The van der Waals surface area contributed by atoms with Crippen molar-refractivity contribution in [2.45, 2.75) is 25.5 Å². The fourth-order valence-electron chi connectivity index (χ4n) is 2.33. The van der Waals surface area contributed by atoms with Gasteiger partial charge in [0.1, 0.15) is 0 Å². The molecule has 1 aliphatic rings. The number of rotatable bonds is 2. The number of aromatic carboxylic acids is 1. The normalized spacial score (nSPS) is 20.1. The molecular weight excluding hydrogens is 232 g/mol. The lowest BCUT2D eigenvalue weighted by Gasteiger charge is -2.23. The Morgan fingerprint density at radius 1 is 1.44 bits per heavy atom. The maximum Gasteiger partial charge on any atom is 0.335 e. The standard InChI is InChI=1S/C13H14N2O3/c16-13(17)9-4-5-11-10(7-9)8-14-15(11)12-3-1-2-6-18-12/h4-5,7-8,12H,1-3,6H2,(H,16,17)/t12-/m0/s1. The summed E-state index contributed by atoms with van der Waals surface area (Å²) in [5.41, 5.74) is 1.21. The highest BCUT2D eigenvalue weighted by Gasteiger charge is 2.18. The van der Waals surface area contributed by atoms with Crippen LogP contribution in [0.15, 0.2) is 24.4 Å². The molecule has 3 rings (SSSR count). The summed E-state index contributed by atoms with van der Waals surface area (Å²) in [6.45, 7) is 0.763. The Labute approximate surface area is 104 Å². The van der Waals surface area contributed by atoms with Gasteiger partial charge in [-0.15, -0.1) is 0 Å². The van der Waals surface area contributed by atoms with Gasteiger partial charge in [-0.05, 0) is 37.5 Å². The van der Waals surface area contributed by atoms with Gasteiger partial charge in [0.25, 0.3) is 0 Å². The van der Waals surface area contributed by atoms with Gasteiger partial charge in [0.15, 0.2) is 6.23 Å². The van der Waals surface area contributed by atoms with E-state index in [-0.39, 0.29) is 11.8 Å². The number of ether oxygens (including phenoxy) is 1. The van der Waals surface area contributed by atoms with E-state index in [1.807, 2.05) is 4.68 Å². The molecule has 2 aromatic rings. The van der Waals surface area contributed by atoms with Crippen molar-refractivity contribution in [1.82, 2.24) is 9.78 Å². The average Bonchev–Trinajstić information content (AvgIpc) is 2.82. The largest absolute Gasteiger partial charge is 0.478 e. The third kappa shape index (κ3) is 1.86. The molecule has 0 amide bonds. The first-order valence-electron chi connectivity index (χ1n) is 6.08. The molecule has 0 aliphatic carbocycles. The first-order chi connectivity index (χ1) is 8.75. The second-order valence-electron chi connectivity index (χ2n) is 4.49. The van der Waals surface area contributed by atoms with Gasteiger partial charge < -0.3 is 9.84 Å². The van der Waals surface area contributed by atoms with E-state index in [2.05, 4.69) is 5.10 Å². The second kappa shape index (κ2) is 4.42. The number of fused-ring (bicyclic) bond motifs is 1. The van der Waals surface area contributed by atoms with Crippen LogP contribution in [-0.4, -0.2) is 27.5 Å². The summed E-state index contributed by atoms with van der Waals surface area (Å²) in [5, 5.41) is 14.1. The number of aromatic nitrogens is 2. The summed E-state index contributed by atoms with van der Waals surface area (Å²) < 4.78 is 7.54. The Hall–Kier alpha value is -1.88. The van der Waals surface area contributed by atoms with Gasteiger partial charge in [-0.3, -0.25) is 0 Å². The van der Waals surface area contributed by atoms with Crippen molar-refractivity contribution < 1.29 is 14.6 Å². The van der Waals surface area contributed by atoms with Crippen molar-refractivity contribution in [2.24, 2.45) is 0 Å². The van der Waals surface area contributed by atoms with Crippen LogP contribution in [0.3, 0.4) is 0 Å². The topological polar surface area (TPSA) is 64.3 Å². The van der Waals surface area contributed by atoms with E-state index in [0.717, 1.165) is 36.8 Å². The molecule has 1 aliphatic heterocycles. The average molecular weight is 246 g/mol. The first kappa shape index (κ1) is 11.2. The summed E-state index contributed by atoms with van der Waals surface area (Å²) in [4.78, 5) is 10.9. The van der Waals surface area contributed by atoms with E-state index in [1.54, 1.807) is 24.4 Å². The third-order valence-electron chi connectivity index (χ3n) is 3.27.